The second kappa shape index (κ2) is 41.4. The lowest BCUT2D eigenvalue weighted by Gasteiger charge is -2.23. The Morgan fingerprint density at radius 3 is 1.43 bits per heavy atom. The lowest BCUT2D eigenvalue weighted by atomic mass is 10.0. The Morgan fingerprint density at radius 1 is 0.593 bits per heavy atom. The first kappa shape index (κ1) is 52.7. The van der Waals surface area contributed by atoms with E-state index >= 15 is 0 Å². The molecule has 0 aromatic rings. The molecule has 0 heterocycles. The fraction of sp³-hybridized carbons (Fsp3) is 0.844. The van der Waals surface area contributed by atoms with Crippen molar-refractivity contribution in [2.24, 2.45) is 5.73 Å². The molecule has 0 aromatic carbocycles. The molecule has 318 valence electrons. The molecule has 0 aliphatic rings. The number of nitrogens with one attached hydrogen (secondary N) is 1. The highest BCUT2D eigenvalue weighted by atomic mass is 31.2. The van der Waals surface area contributed by atoms with E-state index in [-0.39, 0.29) is 25.7 Å². The number of phosphoric acid groups is 1. The second-order valence-corrected chi connectivity index (χ2v) is 16.7. The third-order valence-electron chi connectivity index (χ3n) is 9.95. The quantitative estimate of drug-likeness (QED) is 0.0275. The van der Waals surface area contributed by atoms with E-state index in [0.29, 0.717) is 6.42 Å². The van der Waals surface area contributed by atoms with E-state index in [0.717, 1.165) is 44.9 Å². The minimum absolute atomic E-state index is 0.0727. The largest absolute Gasteiger partial charge is 0.472 e. The van der Waals surface area contributed by atoms with Crippen LogP contribution in [0.1, 0.15) is 213 Å². The van der Waals surface area contributed by atoms with E-state index in [2.05, 4.69) is 43.5 Å². The second-order valence-electron chi connectivity index (χ2n) is 15.2. The highest BCUT2D eigenvalue weighted by molar-refractivity contribution is 7.47. The lowest BCUT2D eigenvalue weighted by Crippen LogP contribution is -2.45. The van der Waals surface area contributed by atoms with Crippen molar-refractivity contribution in [1.29, 1.82) is 0 Å². The van der Waals surface area contributed by atoms with Crippen molar-refractivity contribution in [2.75, 3.05) is 19.8 Å². The van der Waals surface area contributed by atoms with E-state index < -0.39 is 20.0 Å². The van der Waals surface area contributed by atoms with Crippen molar-refractivity contribution in [3.05, 3.63) is 36.5 Å². The average molecular weight is 783 g/mol. The number of carbonyl (C=O) groups excluding carboxylic acids is 1. The zero-order chi connectivity index (χ0) is 39.6. The van der Waals surface area contributed by atoms with Crippen LogP contribution < -0.4 is 11.1 Å². The van der Waals surface area contributed by atoms with Crippen molar-refractivity contribution in [1.82, 2.24) is 5.32 Å². The van der Waals surface area contributed by atoms with Crippen LogP contribution in [0.3, 0.4) is 0 Å². The van der Waals surface area contributed by atoms with Gasteiger partial charge in [-0.2, -0.15) is 0 Å². The summed E-state index contributed by atoms with van der Waals surface area (Å²) in [5.74, 6) is -0.206. The summed E-state index contributed by atoms with van der Waals surface area (Å²) in [6.07, 6.45) is 49.1. The maximum atomic E-state index is 12.8. The number of rotatable bonds is 42. The fourth-order valence-electron chi connectivity index (χ4n) is 6.52. The van der Waals surface area contributed by atoms with Crippen molar-refractivity contribution < 1.29 is 28.4 Å². The van der Waals surface area contributed by atoms with Crippen LogP contribution in [0.4, 0.5) is 0 Å². The summed E-state index contributed by atoms with van der Waals surface area (Å²) >= 11 is 0. The van der Waals surface area contributed by atoms with Gasteiger partial charge in [0, 0.05) is 13.0 Å². The van der Waals surface area contributed by atoms with Gasteiger partial charge in [0.25, 0.3) is 0 Å². The lowest BCUT2D eigenvalue weighted by molar-refractivity contribution is -0.123. The molecule has 5 N–H and O–H groups in total. The predicted molar refractivity (Wildman–Crippen MR) is 231 cm³/mol. The van der Waals surface area contributed by atoms with Crippen LogP contribution in [0.25, 0.3) is 0 Å². The maximum Gasteiger partial charge on any atom is 0.472 e. The van der Waals surface area contributed by atoms with Gasteiger partial charge in [-0.1, -0.05) is 198 Å². The Labute approximate surface area is 333 Å². The number of unbranched alkanes of at least 4 members (excludes halogenated alkanes) is 26. The summed E-state index contributed by atoms with van der Waals surface area (Å²) in [6.45, 7) is 4.11. The molecule has 0 aliphatic heterocycles. The highest BCUT2D eigenvalue weighted by Crippen LogP contribution is 2.43. The Hall–Kier alpha value is -1.28. The Morgan fingerprint density at radius 2 is 0.981 bits per heavy atom. The van der Waals surface area contributed by atoms with E-state index in [9.17, 15) is 19.4 Å². The Kier molecular flexibility index (Phi) is 40.4. The van der Waals surface area contributed by atoms with E-state index in [1.807, 2.05) is 6.08 Å². The molecule has 3 unspecified atom stereocenters. The first-order valence-corrected chi connectivity index (χ1v) is 24.1. The van der Waals surface area contributed by atoms with Crippen molar-refractivity contribution in [3.8, 4) is 0 Å². The van der Waals surface area contributed by atoms with Crippen LogP contribution in [0, 0.1) is 0 Å². The first-order valence-electron chi connectivity index (χ1n) is 22.6. The molecule has 0 saturated heterocycles. The summed E-state index contributed by atoms with van der Waals surface area (Å²) in [5.41, 5.74) is 5.37. The van der Waals surface area contributed by atoms with Crippen LogP contribution in [-0.2, 0) is 18.4 Å². The average Bonchev–Trinajstić information content (AvgIpc) is 3.16. The van der Waals surface area contributed by atoms with Gasteiger partial charge in [-0.05, 0) is 44.9 Å². The number of aliphatic hydroxyl groups excluding tert-OH is 1. The van der Waals surface area contributed by atoms with Gasteiger partial charge in [-0.15, -0.1) is 0 Å². The number of carbonyl (C=O) groups is 1. The molecule has 3 atom stereocenters. The number of aliphatic hydroxyl groups is 1. The summed E-state index contributed by atoms with van der Waals surface area (Å²) in [7, 11) is -4.35. The Bertz CT molecular complexity index is 943. The summed E-state index contributed by atoms with van der Waals surface area (Å²) in [6, 6.07) is -0.880. The van der Waals surface area contributed by atoms with Gasteiger partial charge < -0.3 is 21.1 Å². The van der Waals surface area contributed by atoms with Crippen LogP contribution in [0.15, 0.2) is 36.5 Å². The van der Waals surface area contributed by atoms with Crippen LogP contribution >= 0.6 is 7.82 Å². The minimum Gasteiger partial charge on any atom is -0.387 e. The number of phosphoric ester groups is 1. The molecule has 0 aromatic heterocycles. The summed E-state index contributed by atoms with van der Waals surface area (Å²) < 4.78 is 22.1. The molecule has 0 spiro atoms. The molecule has 0 bridgehead atoms. The topological polar surface area (TPSA) is 131 Å². The number of hydrogen-bond acceptors (Lipinski definition) is 6. The normalized spacial score (nSPS) is 14.4. The van der Waals surface area contributed by atoms with Crippen molar-refractivity contribution in [2.45, 2.75) is 225 Å². The van der Waals surface area contributed by atoms with E-state index in [4.69, 9.17) is 14.8 Å². The number of amides is 1. The molecule has 54 heavy (non-hydrogen) atoms. The smallest absolute Gasteiger partial charge is 0.387 e. The Balaban J connectivity index is 4.24. The van der Waals surface area contributed by atoms with E-state index in [1.54, 1.807) is 6.08 Å². The monoisotopic (exact) mass is 783 g/mol. The SMILES string of the molecule is CCCCCCCCC/C=C/CC/C=C/CC/C=C/C(O)C(COP(=O)(O)OCCN)NC(=O)CCCCCCCCCCCCCCCCCCCC. The molecule has 0 rings (SSSR count). The van der Waals surface area contributed by atoms with E-state index in [1.165, 1.54) is 148 Å². The number of allylic oxidation sites excluding steroid dienone is 5. The standard InChI is InChI=1S/C45H87N2O6P/c1-3-5-7-9-11-13-15-17-19-21-23-25-27-29-31-33-35-37-39-45(49)47-43(42-53-54(50,51)52-41-40-46)44(48)38-36-34-32-30-28-26-24-22-20-18-16-14-12-10-8-6-4-2/h20,22,28,30,36,38,43-44,48H,3-19,21,23-27,29,31-35,37,39-42,46H2,1-2H3,(H,47,49)(H,50,51)/b22-20+,30-28+,38-36+. The van der Waals surface area contributed by atoms with Gasteiger partial charge >= 0.3 is 7.82 Å². The summed E-state index contributed by atoms with van der Waals surface area (Å²) in [4.78, 5) is 22.7. The summed E-state index contributed by atoms with van der Waals surface area (Å²) in [5, 5.41) is 13.7. The third-order valence-corrected chi connectivity index (χ3v) is 10.9. The minimum atomic E-state index is -4.35. The molecular formula is C45H87N2O6P. The van der Waals surface area contributed by atoms with Gasteiger partial charge in [0.05, 0.1) is 25.4 Å². The first-order chi connectivity index (χ1) is 26.4. The van der Waals surface area contributed by atoms with Gasteiger partial charge in [0.15, 0.2) is 0 Å². The maximum absolute atomic E-state index is 12.8. The molecule has 1 amide bonds. The van der Waals surface area contributed by atoms with Gasteiger partial charge in [0.1, 0.15) is 0 Å². The van der Waals surface area contributed by atoms with Crippen LogP contribution in [0.5, 0.6) is 0 Å². The molecule has 0 aliphatic carbocycles. The number of hydrogen-bond donors (Lipinski definition) is 4. The zero-order valence-electron chi connectivity index (χ0n) is 35.2. The fourth-order valence-corrected chi connectivity index (χ4v) is 7.28. The zero-order valence-corrected chi connectivity index (χ0v) is 36.1. The molecule has 0 saturated carbocycles. The van der Waals surface area contributed by atoms with Gasteiger partial charge in [-0.25, -0.2) is 4.57 Å². The molecular weight excluding hydrogens is 695 g/mol. The van der Waals surface area contributed by atoms with Crippen molar-refractivity contribution in [3.63, 3.8) is 0 Å². The molecule has 0 radical (unpaired) electrons. The van der Waals surface area contributed by atoms with Gasteiger partial charge in [0.2, 0.25) is 5.91 Å². The molecule has 8 nitrogen and oxygen atoms in total. The van der Waals surface area contributed by atoms with Crippen LogP contribution in [-0.4, -0.2) is 47.8 Å². The predicted octanol–water partition coefficient (Wildman–Crippen LogP) is 12.7. The molecule has 0 fully saturated rings. The molecule has 9 heteroatoms. The third kappa shape index (κ3) is 39.0. The number of nitrogens with two attached hydrogens (primary N) is 1. The van der Waals surface area contributed by atoms with Crippen molar-refractivity contribution >= 4 is 13.7 Å². The van der Waals surface area contributed by atoms with Crippen LogP contribution in [0.2, 0.25) is 0 Å². The van der Waals surface area contributed by atoms with Gasteiger partial charge in [-0.3, -0.25) is 13.8 Å². The highest BCUT2D eigenvalue weighted by Gasteiger charge is 2.26.